The topological polar surface area (TPSA) is 38.3 Å². The van der Waals surface area contributed by atoms with Crippen molar-refractivity contribution in [2.45, 2.75) is 46.0 Å². The zero-order valence-electron chi connectivity index (χ0n) is 9.47. The Kier molecular flexibility index (Phi) is 10.1. The largest absolute Gasteiger partial charge is 0.382 e. The van der Waals surface area contributed by atoms with Crippen LogP contribution in [0.4, 0.5) is 0 Å². The molecule has 0 saturated carbocycles. The first-order valence-corrected chi connectivity index (χ1v) is 5.65. The van der Waals surface area contributed by atoms with Gasteiger partial charge in [-0.2, -0.15) is 0 Å². The van der Waals surface area contributed by atoms with Crippen molar-refractivity contribution in [2.24, 2.45) is 0 Å². The number of unbranched alkanes of at least 4 members (excludes halogenated alkanes) is 2. The van der Waals surface area contributed by atoms with Crippen LogP contribution >= 0.6 is 0 Å². The highest BCUT2D eigenvalue weighted by Crippen LogP contribution is 1.94. The Hall–Kier alpha value is -0.570. The normalized spacial score (nSPS) is 10.1. The number of hydrogen-bond acceptors (Lipinski definition) is 2. The fourth-order valence-corrected chi connectivity index (χ4v) is 1.13. The van der Waals surface area contributed by atoms with Crippen molar-refractivity contribution in [3.8, 4) is 0 Å². The number of nitrogens with one attached hydrogen (secondary N) is 1. The van der Waals surface area contributed by atoms with E-state index in [1.54, 1.807) is 0 Å². The van der Waals surface area contributed by atoms with Gasteiger partial charge in [-0.25, -0.2) is 0 Å². The molecule has 3 nitrogen and oxygen atoms in total. The van der Waals surface area contributed by atoms with Crippen molar-refractivity contribution in [1.82, 2.24) is 5.32 Å². The second-order valence-corrected chi connectivity index (χ2v) is 3.36. The Balaban J connectivity index is 3.07. The molecule has 0 aliphatic heterocycles. The van der Waals surface area contributed by atoms with Gasteiger partial charge in [-0.1, -0.05) is 13.3 Å². The van der Waals surface area contributed by atoms with E-state index in [1.807, 2.05) is 6.92 Å². The zero-order chi connectivity index (χ0) is 10.6. The molecular weight excluding hydrogens is 178 g/mol. The summed E-state index contributed by atoms with van der Waals surface area (Å²) in [6.45, 7) is 6.46. The zero-order valence-corrected chi connectivity index (χ0v) is 9.47. The van der Waals surface area contributed by atoms with E-state index in [9.17, 15) is 4.79 Å². The molecule has 1 amide bonds. The minimum absolute atomic E-state index is 0.184. The van der Waals surface area contributed by atoms with Crippen LogP contribution in [0.5, 0.6) is 0 Å². The lowest BCUT2D eigenvalue weighted by atomic mass is 10.2. The summed E-state index contributed by atoms with van der Waals surface area (Å²) in [5, 5.41) is 2.90. The van der Waals surface area contributed by atoms with Crippen molar-refractivity contribution < 1.29 is 9.53 Å². The van der Waals surface area contributed by atoms with Gasteiger partial charge in [0.15, 0.2) is 0 Å². The molecule has 0 aromatic rings. The quantitative estimate of drug-likeness (QED) is 0.580. The average molecular weight is 201 g/mol. The number of ether oxygens (including phenoxy) is 1. The minimum atomic E-state index is 0.184. The van der Waals surface area contributed by atoms with Gasteiger partial charge in [0, 0.05) is 26.2 Å². The lowest BCUT2D eigenvalue weighted by Gasteiger charge is -2.04. The summed E-state index contributed by atoms with van der Waals surface area (Å²) in [7, 11) is 0. The van der Waals surface area contributed by atoms with Gasteiger partial charge in [0.05, 0.1) is 0 Å². The molecule has 0 atom stereocenters. The van der Waals surface area contributed by atoms with Crippen LogP contribution in [0.25, 0.3) is 0 Å². The van der Waals surface area contributed by atoms with Crippen molar-refractivity contribution >= 4 is 5.91 Å². The SMILES string of the molecule is CCCCC(=O)NCCCCOCC. The average Bonchev–Trinajstić information content (AvgIpc) is 2.20. The van der Waals surface area contributed by atoms with E-state index in [1.165, 1.54) is 0 Å². The van der Waals surface area contributed by atoms with E-state index < -0.39 is 0 Å². The van der Waals surface area contributed by atoms with Crippen LogP contribution in [0.1, 0.15) is 46.0 Å². The number of carbonyl (C=O) groups is 1. The van der Waals surface area contributed by atoms with E-state index in [0.717, 1.165) is 45.4 Å². The van der Waals surface area contributed by atoms with Gasteiger partial charge >= 0.3 is 0 Å². The van der Waals surface area contributed by atoms with Gasteiger partial charge < -0.3 is 10.1 Å². The summed E-state index contributed by atoms with van der Waals surface area (Å²) in [5.41, 5.74) is 0. The maximum Gasteiger partial charge on any atom is 0.219 e. The summed E-state index contributed by atoms with van der Waals surface area (Å²) in [4.78, 5) is 11.1. The summed E-state index contributed by atoms with van der Waals surface area (Å²) < 4.78 is 5.19. The van der Waals surface area contributed by atoms with Crippen LogP contribution in [-0.2, 0) is 9.53 Å². The van der Waals surface area contributed by atoms with Crippen molar-refractivity contribution in [1.29, 1.82) is 0 Å². The first-order valence-electron chi connectivity index (χ1n) is 5.65. The van der Waals surface area contributed by atoms with Crippen LogP contribution in [0, 0.1) is 0 Å². The first kappa shape index (κ1) is 13.4. The van der Waals surface area contributed by atoms with E-state index in [0.29, 0.717) is 6.42 Å². The molecule has 1 N–H and O–H groups in total. The fraction of sp³-hybridized carbons (Fsp3) is 0.909. The van der Waals surface area contributed by atoms with Gasteiger partial charge in [-0.15, -0.1) is 0 Å². The van der Waals surface area contributed by atoms with Crippen LogP contribution in [0.3, 0.4) is 0 Å². The molecule has 0 spiro atoms. The Labute approximate surface area is 87.2 Å². The molecular formula is C11H23NO2. The highest BCUT2D eigenvalue weighted by Gasteiger charge is 1.98. The maximum absolute atomic E-state index is 11.1. The second-order valence-electron chi connectivity index (χ2n) is 3.36. The third kappa shape index (κ3) is 9.52. The lowest BCUT2D eigenvalue weighted by molar-refractivity contribution is -0.121. The molecule has 0 aliphatic rings. The molecule has 0 bridgehead atoms. The van der Waals surface area contributed by atoms with E-state index in [-0.39, 0.29) is 5.91 Å². The maximum atomic E-state index is 11.1. The van der Waals surface area contributed by atoms with Gasteiger partial charge in [0.2, 0.25) is 5.91 Å². The van der Waals surface area contributed by atoms with Gasteiger partial charge in [0.1, 0.15) is 0 Å². The van der Waals surface area contributed by atoms with Crippen LogP contribution < -0.4 is 5.32 Å². The third-order valence-corrected chi connectivity index (χ3v) is 2.00. The molecule has 0 aliphatic carbocycles. The predicted molar refractivity (Wildman–Crippen MR) is 58.3 cm³/mol. The number of hydrogen-bond donors (Lipinski definition) is 1. The minimum Gasteiger partial charge on any atom is -0.382 e. The lowest BCUT2D eigenvalue weighted by Crippen LogP contribution is -2.24. The Morgan fingerprint density at radius 2 is 2.00 bits per heavy atom. The summed E-state index contributed by atoms with van der Waals surface area (Å²) in [5.74, 6) is 0.184. The number of rotatable bonds is 9. The molecule has 84 valence electrons. The van der Waals surface area contributed by atoms with Crippen molar-refractivity contribution in [3.05, 3.63) is 0 Å². The Morgan fingerprint density at radius 1 is 1.21 bits per heavy atom. The molecule has 0 aromatic heterocycles. The molecule has 0 fully saturated rings. The molecule has 0 unspecified atom stereocenters. The van der Waals surface area contributed by atoms with Crippen molar-refractivity contribution in [3.63, 3.8) is 0 Å². The molecule has 0 rings (SSSR count). The summed E-state index contributed by atoms with van der Waals surface area (Å²) >= 11 is 0. The molecule has 3 heteroatoms. The van der Waals surface area contributed by atoms with Gasteiger partial charge in [-0.05, 0) is 26.2 Å². The molecule has 0 saturated heterocycles. The molecule has 0 aromatic carbocycles. The molecule has 0 radical (unpaired) electrons. The van der Waals surface area contributed by atoms with Crippen LogP contribution in [-0.4, -0.2) is 25.7 Å². The van der Waals surface area contributed by atoms with E-state index in [4.69, 9.17) is 4.74 Å². The monoisotopic (exact) mass is 201 g/mol. The summed E-state index contributed by atoms with van der Waals surface area (Å²) in [6, 6.07) is 0. The Morgan fingerprint density at radius 3 is 2.64 bits per heavy atom. The Bertz CT molecular complexity index is 137. The standard InChI is InChI=1S/C11H23NO2/c1-3-5-8-11(13)12-9-6-7-10-14-4-2/h3-10H2,1-2H3,(H,12,13). The smallest absolute Gasteiger partial charge is 0.219 e. The summed E-state index contributed by atoms with van der Waals surface area (Å²) in [6.07, 6.45) is 4.78. The van der Waals surface area contributed by atoms with E-state index >= 15 is 0 Å². The fourth-order valence-electron chi connectivity index (χ4n) is 1.13. The van der Waals surface area contributed by atoms with E-state index in [2.05, 4.69) is 12.2 Å². The van der Waals surface area contributed by atoms with Gasteiger partial charge in [-0.3, -0.25) is 4.79 Å². The number of carbonyl (C=O) groups excluding carboxylic acids is 1. The second kappa shape index (κ2) is 10.5. The third-order valence-electron chi connectivity index (χ3n) is 2.00. The predicted octanol–water partition coefficient (Wildman–Crippen LogP) is 2.11. The van der Waals surface area contributed by atoms with Crippen LogP contribution in [0.15, 0.2) is 0 Å². The highest BCUT2D eigenvalue weighted by molar-refractivity contribution is 5.75. The number of amides is 1. The van der Waals surface area contributed by atoms with Crippen LogP contribution in [0.2, 0.25) is 0 Å². The molecule has 14 heavy (non-hydrogen) atoms. The molecule has 0 heterocycles. The first-order chi connectivity index (χ1) is 6.81. The highest BCUT2D eigenvalue weighted by atomic mass is 16.5. The van der Waals surface area contributed by atoms with Gasteiger partial charge in [0.25, 0.3) is 0 Å². The van der Waals surface area contributed by atoms with Crippen molar-refractivity contribution in [2.75, 3.05) is 19.8 Å².